The molecule has 1 aromatic heterocycles. The van der Waals surface area contributed by atoms with Crippen LogP contribution in [0.15, 0.2) is 76.3 Å². The number of thiophene rings is 1. The highest BCUT2D eigenvalue weighted by atomic mass is 32.2. The number of amides is 1. The van der Waals surface area contributed by atoms with Gasteiger partial charge in [0.25, 0.3) is 10.0 Å². The molecule has 0 saturated carbocycles. The van der Waals surface area contributed by atoms with Gasteiger partial charge in [0.05, 0.1) is 0 Å². The van der Waals surface area contributed by atoms with Gasteiger partial charge in [0.1, 0.15) is 22.6 Å². The van der Waals surface area contributed by atoms with Crippen LogP contribution in [0.5, 0.6) is 5.75 Å². The van der Waals surface area contributed by atoms with Crippen molar-refractivity contribution in [3.63, 3.8) is 0 Å². The molecule has 1 amide bonds. The molecule has 1 N–H and O–H groups in total. The summed E-state index contributed by atoms with van der Waals surface area (Å²) < 4.78 is 33.5. The molecule has 0 bridgehead atoms. The minimum Gasteiger partial charge on any atom is -0.489 e. The Morgan fingerprint density at radius 1 is 1.03 bits per heavy atom. The van der Waals surface area contributed by atoms with E-state index in [1.807, 2.05) is 54.6 Å². The molecule has 4 rings (SSSR count). The standard InChI is InChI=1S/C24H26N2O4S2/c27-24(22-12-4-5-14-26(22)32(28,29)23-13-7-15-31-23)25-17-20-10-6-11-21(16-20)30-18-19-8-2-1-3-9-19/h1-3,6-11,13,15-16,22H,4-5,12,14,17-18H2,(H,25,27). The Morgan fingerprint density at radius 2 is 1.84 bits per heavy atom. The lowest BCUT2D eigenvalue weighted by molar-refractivity contribution is -0.125. The van der Waals surface area contributed by atoms with Crippen LogP contribution in [0.1, 0.15) is 30.4 Å². The molecule has 1 unspecified atom stereocenters. The predicted octanol–water partition coefficient (Wildman–Crippen LogP) is 4.19. The molecule has 8 heteroatoms. The molecule has 0 spiro atoms. The maximum atomic E-state index is 13.0. The Bertz CT molecular complexity index is 1130. The molecule has 32 heavy (non-hydrogen) atoms. The zero-order valence-corrected chi connectivity index (χ0v) is 19.3. The van der Waals surface area contributed by atoms with Crippen molar-refractivity contribution in [1.29, 1.82) is 0 Å². The molecule has 2 heterocycles. The third-order valence-corrected chi connectivity index (χ3v) is 8.71. The maximum absolute atomic E-state index is 13.0. The number of hydrogen-bond donors (Lipinski definition) is 1. The molecule has 2 aromatic carbocycles. The lowest BCUT2D eigenvalue weighted by Gasteiger charge is -2.33. The quantitative estimate of drug-likeness (QED) is 0.536. The van der Waals surface area contributed by atoms with Crippen LogP contribution in [0.25, 0.3) is 0 Å². The molecular formula is C24H26N2O4S2. The summed E-state index contributed by atoms with van der Waals surface area (Å²) in [6.45, 7) is 1.14. The van der Waals surface area contributed by atoms with Gasteiger partial charge in [-0.2, -0.15) is 4.31 Å². The van der Waals surface area contributed by atoms with Gasteiger partial charge in [0.15, 0.2) is 0 Å². The van der Waals surface area contributed by atoms with Gasteiger partial charge in [-0.05, 0) is 47.5 Å². The Labute approximate surface area is 192 Å². The van der Waals surface area contributed by atoms with E-state index in [2.05, 4.69) is 5.32 Å². The summed E-state index contributed by atoms with van der Waals surface area (Å²) in [5.41, 5.74) is 1.97. The number of sulfonamides is 1. The van der Waals surface area contributed by atoms with Crippen molar-refractivity contribution in [2.75, 3.05) is 6.54 Å². The van der Waals surface area contributed by atoms with E-state index in [1.165, 1.54) is 15.6 Å². The first-order valence-electron chi connectivity index (χ1n) is 10.6. The first kappa shape index (κ1) is 22.5. The summed E-state index contributed by atoms with van der Waals surface area (Å²) in [5.74, 6) is 0.459. The number of hydrogen-bond acceptors (Lipinski definition) is 5. The zero-order chi connectivity index (χ0) is 22.4. The molecule has 0 aliphatic carbocycles. The van der Waals surface area contributed by atoms with Gasteiger partial charge < -0.3 is 10.1 Å². The molecular weight excluding hydrogens is 444 g/mol. The maximum Gasteiger partial charge on any atom is 0.253 e. The predicted molar refractivity (Wildman–Crippen MR) is 125 cm³/mol. The molecule has 1 saturated heterocycles. The van der Waals surface area contributed by atoms with Crippen molar-refractivity contribution in [2.45, 2.75) is 42.7 Å². The second-order valence-electron chi connectivity index (χ2n) is 7.70. The number of nitrogens with one attached hydrogen (secondary N) is 1. The van der Waals surface area contributed by atoms with E-state index in [-0.39, 0.29) is 10.1 Å². The SMILES string of the molecule is O=C(NCc1cccc(OCc2ccccc2)c1)C1CCCCN1S(=O)(=O)c1cccs1. The van der Waals surface area contributed by atoms with E-state index >= 15 is 0 Å². The van der Waals surface area contributed by atoms with E-state index in [0.29, 0.717) is 26.1 Å². The van der Waals surface area contributed by atoms with Crippen molar-refractivity contribution in [3.8, 4) is 5.75 Å². The van der Waals surface area contributed by atoms with Gasteiger partial charge in [0.2, 0.25) is 5.91 Å². The first-order valence-corrected chi connectivity index (χ1v) is 12.9. The third-order valence-electron chi connectivity index (χ3n) is 5.43. The molecule has 6 nitrogen and oxygen atoms in total. The fourth-order valence-electron chi connectivity index (χ4n) is 3.77. The largest absolute Gasteiger partial charge is 0.489 e. The van der Waals surface area contributed by atoms with Crippen LogP contribution in [-0.2, 0) is 28.0 Å². The summed E-state index contributed by atoms with van der Waals surface area (Å²) in [4.78, 5) is 12.9. The van der Waals surface area contributed by atoms with E-state index in [9.17, 15) is 13.2 Å². The summed E-state index contributed by atoms with van der Waals surface area (Å²) in [6.07, 6.45) is 2.11. The summed E-state index contributed by atoms with van der Waals surface area (Å²) in [5, 5.41) is 4.65. The lowest BCUT2D eigenvalue weighted by atomic mass is 10.0. The molecule has 3 aromatic rings. The zero-order valence-electron chi connectivity index (χ0n) is 17.6. The Morgan fingerprint density at radius 3 is 2.62 bits per heavy atom. The summed E-state index contributed by atoms with van der Waals surface area (Å²) >= 11 is 1.18. The number of carbonyl (C=O) groups is 1. The molecule has 1 fully saturated rings. The highest BCUT2D eigenvalue weighted by Gasteiger charge is 2.37. The average molecular weight is 471 g/mol. The molecule has 0 radical (unpaired) electrons. The molecule has 1 atom stereocenters. The van der Waals surface area contributed by atoms with Gasteiger partial charge in [-0.25, -0.2) is 8.42 Å². The van der Waals surface area contributed by atoms with Crippen LogP contribution >= 0.6 is 11.3 Å². The van der Waals surface area contributed by atoms with Crippen molar-refractivity contribution < 1.29 is 17.9 Å². The van der Waals surface area contributed by atoms with Gasteiger partial charge in [0, 0.05) is 13.1 Å². The first-order chi connectivity index (χ1) is 15.5. The van der Waals surface area contributed by atoms with Gasteiger partial charge in [-0.3, -0.25) is 4.79 Å². The van der Waals surface area contributed by atoms with Gasteiger partial charge in [-0.1, -0.05) is 55.0 Å². The number of ether oxygens (including phenoxy) is 1. The van der Waals surface area contributed by atoms with Crippen molar-refractivity contribution in [1.82, 2.24) is 9.62 Å². The number of carbonyl (C=O) groups excluding carboxylic acids is 1. The second-order valence-corrected chi connectivity index (χ2v) is 10.8. The van der Waals surface area contributed by atoms with Crippen molar-refractivity contribution >= 4 is 27.3 Å². The number of benzene rings is 2. The van der Waals surface area contributed by atoms with E-state index in [0.717, 1.165) is 29.7 Å². The highest BCUT2D eigenvalue weighted by Crippen LogP contribution is 2.28. The number of nitrogens with zero attached hydrogens (tertiary/aromatic N) is 1. The molecule has 168 valence electrons. The van der Waals surface area contributed by atoms with Crippen LogP contribution in [-0.4, -0.2) is 31.2 Å². The highest BCUT2D eigenvalue weighted by molar-refractivity contribution is 7.91. The summed E-state index contributed by atoms with van der Waals surface area (Å²) in [6, 6.07) is 20.1. The van der Waals surface area contributed by atoms with Crippen molar-refractivity contribution in [2.24, 2.45) is 0 Å². The fourth-order valence-corrected chi connectivity index (χ4v) is 6.55. The third kappa shape index (κ3) is 5.38. The van der Waals surface area contributed by atoms with E-state index in [1.54, 1.807) is 17.5 Å². The Kier molecular flexibility index (Phi) is 7.24. The number of piperidine rings is 1. The van der Waals surface area contributed by atoms with Gasteiger partial charge >= 0.3 is 0 Å². The Hall–Kier alpha value is -2.68. The van der Waals surface area contributed by atoms with Crippen LogP contribution in [0.4, 0.5) is 0 Å². The lowest BCUT2D eigenvalue weighted by Crippen LogP contribution is -2.51. The molecule has 1 aliphatic heterocycles. The molecule has 1 aliphatic rings. The normalized spacial score (nSPS) is 17.1. The average Bonchev–Trinajstić information content (AvgIpc) is 3.38. The van der Waals surface area contributed by atoms with Crippen LogP contribution < -0.4 is 10.1 Å². The smallest absolute Gasteiger partial charge is 0.253 e. The fraction of sp³-hybridized carbons (Fsp3) is 0.292. The van der Waals surface area contributed by atoms with E-state index < -0.39 is 16.1 Å². The topological polar surface area (TPSA) is 75.7 Å². The minimum absolute atomic E-state index is 0.263. The monoisotopic (exact) mass is 470 g/mol. The second kappa shape index (κ2) is 10.3. The minimum atomic E-state index is -3.67. The van der Waals surface area contributed by atoms with Crippen LogP contribution in [0.3, 0.4) is 0 Å². The van der Waals surface area contributed by atoms with E-state index in [4.69, 9.17) is 4.74 Å². The van der Waals surface area contributed by atoms with Crippen LogP contribution in [0.2, 0.25) is 0 Å². The van der Waals surface area contributed by atoms with Gasteiger partial charge in [-0.15, -0.1) is 11.3 Å². The van der Waals surface area contributed by atoms with Crippen LogP contribution in [0, 0.1) is 0 Å². The summed E-state index contributed by atoms with van der Waals surface area (Å²) in [7, 11) is -3.67. The number of rotatable bonds is 8. The Balaban J connectivity index is 1.38. The van der Waals surface area contributed by atoms with Crippen molar-refractivity contribution in [3.05, 3.63) is 83.2 Å².